The first kappa shape index (κ1) is 15.6. The highest BCUT2D eigenvalue weighted by molar-refractivity contribution is 5.89. The molecule has 1 aromatic carbocycles. The van der Waals surface area contributed by atoms with Crippen molar-refractivity contribution in [2.75, 3.05) is 26.1 Å². The van der Waals surface area contributed by atoms with E-state index in [4.69, 9.17) is 9.47 Å². The average Bonchev–Trinajstić information content (AvgIpc) is 2.55. The zero-order valence-corrected chi connectivity index (χ0v) is 12.6. The van der Waals surface area contributed by atoms with Crippen LogP contribution in [0.2, 0.25) is 0 Å². The summed E-state index contributed by atoms with van der Waals surface area (Å²) in [6.07, 6.45) is 2.42. The van der Waals surface area contributed by atoms with Crippen molar-refractivity contribution in [2.45, 2.75) is 6.42 Å². The van der Waals surface area contributed by atoms with Crippen LogP contribution in [0.4, 0.5) is 10.5 Å². The lowest BCUT2D eigenvalue weighted by atomic mass is 10.2. The molecule has 2 aromatic rings. The molecule has 116 valence electrons. The van der Waals surface area contributed by atoms with Crippen LogP contribution in [-0.4, -0.2) is 31.8 Å². The number of aromatic nitrogens is 1. The number of ether oxygens (including phenoxy) is 2. The number of carbonyl (C=O) groups is 1. The summed E-state index contributed by atoms with van der Waals surface area (Å²) in [6, 6.07) is 10.6. The highest BCUT2D eigenvalue weighted by atomic mass is 16.5. The number of methoxy groups -OCH3 is 2. The average molecular weight is 301 g/mol. The minimum atomic E-state index is -0.275. The molecule has 0 saturated heterocycles. The number of hydrogen-bond donors (Lipinski definition) is 2. The van der Waals surface area contributed by atoms with Crippen molar-refractivity contribution >= 4 is 11.7 Å². The molecule has 0 radical (unpaired) electrons. The Bertz CT molecular complexity index is 617. The number of rotatable bonds is 6. The summed E-state index contributed by atoms with van der Waals surface area (Å²) >= 11 is 0. The SMILES string of the molecule is COc1ccc(NC(=O)NCCc2ccccn2)cc1OC. The highest BCUT2D eigenvalue weighted by Crippen LogP contribution is 2.29. The smallest absolute Gasteiger partial charge is 0.319 e. The van der Waals surface area contributed by atoms with Gasteiger partial charge in [-0.15, -0.1) is 0 Å². The van der Waals surface area contributed by atoms with E-state index in [1.165, 1.54) is 0 Å². The molecule has 22 heavy (non-hydrogen) atoms. The van der Waals surface area contributed by atoms with Gasteiger partial charge in [0, 0.05) is 36.6 Å². The summed E-state index contributed by atoms with van der Waals surface area (Å²) in [5.41, 5.74) is 1.57. The van der Waals surface area contributed by atoms with Crippen molar-refractivity contribution in [2.24, 2.45) is 0 Å². The molecule has 0 bridgehead atoms. The van der Waals surface area contributed by atoms with Gasteiger partial charge in [-0.1, -0.05) is 6.07 Å². The Morgan fingerprint density at radius 1 is 1.14 bits per heavy atom. The number of pyridine rings is 1. The third kappa shape index (κ3) is 4.37. The van der Waals surface area contributed by atoms with E-state index in [1.807, 2.05) is 18.2 Å². The third-order valence-electron chi connectivity index (χ3n) is 3.03. The van der Waals surface area contributed by atoms with E-state index >= 15 is 0 Å². The molecule has 2 amide bonds. The van der Waals surface area contributed by atoms with Gasteiger partial charge in [-0.25, -0.2) is 4.79 Å². The number of hydrogen-bond acceptors (Lipinski definition) is 4. The molecule has 0 fully saturated rings. The van der Waals surface area contributed by atoms with Crippen LogP contribution in [0, 0.1) is 0 Å². The van der Waals surface area contributed by atoms with Crippen molar-refractivity contribution in [1.82, 2.24) is 10.3 Å². The van der Waals surface area contributed by atoms with Crippen molar-refractivity contribution in [1.29, 1.82) is 0 Å². The monoisotopic (exact) mass is 301 g/mol. The molecule has 0 aliphatic carbocycles. The van der Waals surface area contributed by atoms with E-state index in [2.05, 4.69) is 15.6 Å². The van der Waals surface area contributed by atoms with Crippen molar-refractivity contribution in [3.63, 3.8) is 0 Å². The third-order valence-corrected chi connectivity index (χ3v) is 3.03. The molecule has 2 N–H and O–H groups in total. The van der Waals surface area contributed by atoms with E-state index in [0.717, 1.165) is 5.69 Å². The fraction of sp³-hybridized carbons (Fsp3) is 0.250. The zero-order chi connectivity index (χ0) is 15.8. The molecule has 1 aromatic heterocycles. The molecule has 0 aliphatic heterocycles. The predicted octanol–water partition coefficient (Wildman–Crippen LogP) is 2.46. The Kier molecular flexibility index (Phi) is 5.59. The lowest BCUT2D eigenvalue weighted by Crippen LogP contribution is -2.30. The van der Waals surface area contributed by atoms with Gasteiger partial charge in [0.1, 0.15) is 0 Å². The summed E-state index contributed by atoms with van der Waals surface area (Å²) in [5, 5.41) is 5.53. The first-order chi connectivity index (χ1) is 10.7. The predicted molar refractivity (Wildman–Crippen MR) is 84.5 cm³/mol. The lowest BCUT2D eigenvalue weighted by Gasteiger charge is -2.11. The van der Waals surface area contributed by atoms with E-state index in [0.29, 0.717) is 30.2 Å². The summed E-state index contributed by atoms with van der Waals surface area (Å²) < 4.78 is 10.3. The summed E-state index contributed by atoms with van der Waals surface area (Å²) in [6.45, 7) is 0.510. The van der Waals surface area contributed by atoms with Gasteiger partial charge in [0.15, 0.2) is 11.5 Å². The largest absolute Gasteiger partial charge is 0.493 e. The number of nitrogens with zero attached hydrogens (tertiary/aromatic N) is 1. The van der Waals surface area contributed by atoms with Crippen LogP contribution in [0.1, 0.15) is 5.69 Å². The number of carbonyl (C=O) groups excluding carboxylic acids is 1. The van der Waals surface area contributed by atoms with Gasteiger partial charge in [-0.2, -0.15) is 0 Å². The second-order valence-corrected chi connectivity index (χ2v) is 4.52. The molecule has 6 nitrogen and oxygen atoms in total. The van der Waals surface area contributed by atoms with E-state index in [-0.39, 0.29) is 6.03 Å². The van der Waals surface area contributed by atoms with Gasteiger partial charge < -0.3 is 20.1 Å². The molecule has 6 heteroatoms. The Labute approximate surface area is 129 Å². The number of amides is 2. The molecule has 0 atom stereocenters. The summed E-state index contributed by atoms with van der Waals surface area (Å²) in [4.78, 5) is 16.0. The van der Waals surface area contributed by atoms with E-state index < -0.39 is 0 Å². The number of urea groups is 1. The molecular formula is C16H19N3O3. The quantitative estimate of drug-likeness (QED) is 0.859. The van der Waals surface area contributed by atoms with Gasteiger partial charge in [0.25, 0.3) is 0 Å². The second kappa shape index (κ2) is 7.87. The van der Waals surface area contributed by atoms with Gasteiger partial charge in [0.2, 0.25) is 0 Å². The van der Waals surface area contributed by atoms with Crippen LogP contribution in [-0.2, 0) is 6.42 Å². The standard InChI is InChI=1S/C16H19N3O3/c1-21-14-7-6-13(11-15(14)22-2)19-16(20)18-10-8-12-5-3-4-9-17-12/h3-7,9,11H,8,10H2,1-2H3,(H2,18,19,20). The first-order valence-corrected chi connectivity index (χ1v) is 6.89. The van der Waals surface area contributed by atoms with Crippen LogP contribution in [0.5, 0.6) is 11.5 Å². The van der Waals surface area contributed by atoms with Gasteiger partial charge in [-0.3, -0.25) is 4.98 Å². The minimum absolute atomic E-state index is 0.275. The van der Waals surface area contributed by atoms with Crippen LogP contribution < -0.4 is 20.1 Å². The number of nitrogens with one attached hydrogen (secondary N) is 2. The van der Waals surface area contributed by atoms with Crippen LogP contribution in [0.25, 0.3) is 0 Å². The van der Waals surface area contributed by atoms with Crippen molar-refractivity contribution < 1.29 is 14.3 Å². The molecule has 2 rings (SSSR count). The Hall–Kier alpha value is -2.76. The summed E-state index contributed by atoms with van der Waals surface area (Å²) in [5.74, 6) is 1.18. The van der Waals surface area contributed by atoms with Gasteiger partial charge in [-0.05, 0) is 24.3 Å². The number of benzene rings is 1. The highest BCUT2D eigenvalue weighted by Gasteiger charge is 2.07. The minimum Gasteiger partial charge on any atom is -0.493 e. The van der Waals surface area contributed by atoms with Crippen LogP contribution in [0.15, 0.2) is 42.6 Å². The lowest BCUT2D eigenvalue weighted by molar-refractivity contribution is 0.252. The first-order valence-electron chi connectivity index (χ1n) is 6.89. The van der Waals surface area contributed by atoms with Crippen LogP contribution in [0.3, 0.4) is 0 Å². The van der Waals surface area contributed by atoms with Gasteiger partial charge in [0.05, 0.1) is 14.2 Å². The Morgan fingerprint density at radius 2 is 1.95 bits per heavy atom. The zero-order valence-electron chi connectivity index (χ0n) is 12.6. The summed E-state index contributed by atoms with van der Waals surface area (Å²) in [7, 11) is 3.11. The maximum Gasteiger partial charge on any atom is 0.319 e. The van der Waals surface area contributed by atoms with Crippen LogP contribution >= 0.6 is 0 Å². The Balaban J connectivity index is 1.84. The maximum absolute atomic E-state index is 11.8. The van der Waals surface area contributed by atoms with E-state index in [9.17, 15) is 4.79 Å². The maximum atomic E-state index is 11.8. The molecule has 1 heterocycles. The molecule has 0 spiro atoms. The Morgan fingerprint density at radius 3 is 2.64 bits per heavy atom. The van der Waals surface area contributed by atoms with Crippen molar-refractivity contribution in [3.05, 3.63) is 48.3 Å². The second-order valence-electron chi connectivity index (χ2n) is 4.52. The number of anilines is 1. The topological polar surface area (TPSA) is 72.5 Å². The van der Waals surface area contributed by atoms with Crippen molar-refractivity contribution in [3.8, 4) is 11.5 Å². The molecular weight excluding hydrogens is 282 g/mol. The molecule has 0 saturated carbocycles. The molecule has 0 unspecified atom stereocenters. The fourth-order valence-corrected chi connectivity index (χ4v) is 1.94. The van der Waals surface area contributed by atoms with E-state index in [1.54, 1.807) is 38.6 Å². The normalized spacial score (nSPS) is 9.91. The molecule has 0 aliphatic rings. The van der Waals surface area contributed by atoms with Gasteiger partial charge >= 0.3 is 6.03 Å². The fourth-order valence-electron chi connectivity index (χ4n) is 1.94.